The van der Waals surface area contributed by atoms with Crippen molar-refractivity contribution in [3.05, 3.63) is 64.5 Å². The van der Waals surface area contributed by atoms with Crippen LogP contribution in [0.4, 0.5) is 19.0 Å². The molecule has 4 rings (SSSR count). The second-order valence-electron chi connectivity index (χ2n) is 7.25. The number of nitrogens with zero attached hydrogens (tertiary/aromatic N) is 3. The molecule has 8 heteroatoms. The molecule has 30 heavy (non-hydrogen) atoms. The third kappa shape index (κ3) is 4.00. The van der Waals surface area contributed by atoms with Gasteiger partial charge in [-0.15, -0.1) is 5.10 Å². The van der Waals surface area contributed by atoms with E-state index in [-0.39, 0.29) is 12.1 Å². The van der Waals surface area contributed by atoms with E-state index in [0.717, 1.165) is 29.0 Å². The third-order valence-corrected chi connectivity index (χ3v) is 5.32. The molecule has 0 unspecified atom stereocenters. The zero-order valence-corrected chi connectivity index (χ0v) is 16.7. The zero-order valence-electron chi connectivity index (χ0n) is 16.7. The van der Waals surface area contributed by atoms with Crippen LogP contribution in [-0.2, 0) is 17.5 Å². The molecule has 0 saturated heterocycles. The van der Waals surface area contributed by atoms with Crippen molar-refractivity contribution < 1.29 is 17.9 Å². The summed E-state index contributed by atoms with van der Waals surface area (Å²) < 4.78 is 45.0. The van der Waals surface area contributed by atoms with E-state index in [0.29, 0.717) is 35.8 Å². The summed E-state index contributed by atoms with van der Waals surface area (Å²) in [7, 11) is 0. The number of nitrogens with one attached hydrogen (secondary N) is 1. The van der Waals surface area contributed by atoms with Crippen LogP contribution in [0.1, 0.15) is 34.4 Å². The Balaban J connectivity index is 1.68. The molecule has 1 aromatic carbocycles. The van der Waals surface area contributed by atoms with Crippen LogP contribution >= 0.6 is 0 Å². The predicted octanol–water partition coefficient (Wildman–Crippen LogP) is 5.08. The van der Waals surface area contributed by atoms with Crippen molar-refractivity contribution >= 4 is 22.3 Å². The Labute approximate surface area is 172 Å². The van der Waals surface area contributed by atoms with E-state index >= 15 is 0 Å². The number of hydrogen-bond acceptors (Lipinski definition) is 5. The zero-order chi connectivity index (χ0) is 21.3. The van der Waals surface area contributed by atoms with Gasteiger partial charge in [0.25, 0.3) is 0 Å². The molecular formula is C22H21F3N4O. The SMILES string of the molecule is Cc1c(CNc2nnc(C)c3ncc(C4=CCOCC4)cc23)cccc1C(F)(F)F. The van der Waals surface area contributed by atoms with Crippen LogP contribution in [0.25, 0.3) is 16.5 Å². The molecule has 5 nitrogen and oxygen atoms in total. The summed E-state index contributed by atoms with van der Waals surface area (Å²) in [6, 6.07) is 6.20. The second kappa shape index (κ2) is 8.02. The summed E-state index contributed by atoms with van der Waals surface area (Å²) in [5.41, 5.74) is 3.67. The highest BCUT2D eigenvalue weighted by atomic mass is 19.4. The van der Waals surface area contributed by atoms with Crippen LogP contribution in [0.3, 0.4) is 0 Å². The van der Waals surface area contributed by atoms with Crippen molar-refractivity contribution in [2.75, 3.05) is 18.5 Å². The average molecular weight is 414 g/mol. The van der Waals surface area contributed by atoms with Gasteiger partial charge in [-0.05, 0) is 54.7 Å². The Morgan fingerprint density at radius 2 is 2.00 bits per heavy atom. The van der Waals surface area contributed by atoms with E-state index in [4.69, 9.17) is 4.74 Å². The van der Waals surface area contributed by atoms with Crippen LogP contribution in [0.15, 0.2) is 36.5 Å². The molecule has 0 amide bonds. The fraction of sp³-hybridized carbons (Fsp3) is 0.318. The van der Waals surface area contributed by atoms with Gasteiger partial charge in [-0.2, -0.15) is 18.3 Å². The summed E-state index contributed by atoms with van der Waals surface area (Å²) >= 11 is 0. The number of aromatic nitrogens is 3. The molecule has 2 aromatic heterocycles. The number of alkyl halides is 3. The number of pyridine rings is 1. The van der Waals surface area contributed by atoms with Crippen LogP contribution < -0.4 is 5.32 Å². The summed E-state index contributed by atoms with van der Waals surface area (Å²) in [5.74, 6) is 0.495. The maximum atomic E-state index is 13.2. The Hall–Kier alpha value is -3.00. The van der Waals surface area contributed by atoms with Gasteiger partial charge in [0.2, 0.25) is 0 Å². The Kier molecular flexibility index (Phi) is 5.42. The lowest BCUT2D eigenvalue weighted by Crippen LogP contribution is -2.11. The molecule has 0 atom stereocenters. The summed E-state index contributed by atoms with van der Waals surface area (Å²) in [4.78, 5) is 4.56. The molecule has 156 valence electrons. The Morgan fingerprint density at radius 1 is 1.17 bits per heavy atom. The molecule has 0 spiro atoms. The first-order valence-corrected chi connectivity index (χ1v) is 9.64. The third-order valence-electron chi connectivity index (χ3n) is 5.32. The second-order valence-corrected chi connectivity index (χ2v) is 7.25. The normalized spacial score (nSPS) is 14.6. The van der Waals surface area contributed by atoms with E-state index in [1.807, 2.05) is 25.3 Å². The lowest BCUT2D eigenvalue weighted by molar-refractivity contribution is -0.138. The maximum Gasteiger partial charge on any atom is 0.416 e. The fourth-order valence-corrected chi connectivity index (χ4v) is 3.62. The lowest BCUT2D eigenvalue weighted by atomic mass is 10.0. The number of halogens is 3. The van der Waals surface area contributed by atoms with Gasteiger partial charge in [0.1, 0.15) is 0 Å². The van der Waals surface area contributed by atoms with Gasteiger partial charge in [0.05, 0.1) is 30.0 Å². The van der Waals surface area contributed by atoms with Gasteiger partial charge >= 0.3 is 6.18 Å². The summed E-state index contributed by atoms with van der Waals surface area (Å²) in [6.07, 6.45) is 0.269. The average Bonchev–Trinajstić information content (AvgIpc) is 2.74. The standard InChI is InChI=1S/C22H21F3N4O/c1-13-16(4-3-5-19(13)22(23,24)25)11-27-21-18-10-17(15-6-8-30-9-7-15)12-26-20(18)14(2)28-29-21/h3-6,10,12H,7-9,11H2,1-2H3,(H,27,29). The number of anilines is 1. The first-order valence-electron chi connectivity index (χ1n) is 9.64. The van der Waals surface area contributed by atoms with Crippen molar-refractivity contribution in [1.29, 1.82) is 0 Å². The van der Waals surface area contributed by atoms with Gasteiger partial charge in [0, 0.05) is 18.1 Å². The van der Waals surface area contributed by atoms with Gasteiger partial charge in [0.15, 0.2) is 5.82 Å². The van der Waals surface area contributed by atoms with Crippen LogP contribution in [0.5, 0.6) is 0 Å². The highest BCUT2D eigenvalue weighted by Gasteiger charge is 2.32. The van der Waals surface area contributed by atoms with Crippen LogP contribution in [0.2, 0.25) is 0 Å². The lowest BCUT2D eigenvalue weighted by Gasteiger charge is -2.16. The molecule has 3 heterocycles. The molecule has 3 aromatic rings. The van der Waals surface area contributed by atoms with Crippen LogP contribution in [-0.4, -0.2) is 28.4 Å². The highest BCUT2D eigenvalue weighted by Crippen LogP contribution is 2.33. The van der Waals surface area contributed by atoms with Crippen molar-refractivity contribution in [2.45, 2.75) is 33.0 Å². The number of rotatable bonds is 4. The van der Waals surface area contributed by atoms with Crippen molar-refractivity contribution in [3.63, 3.8) is 0 Å². The Bertz CT molecular complexity index is 1130. The molecule has 0 saturated carbocycles. The molecular weight excluding hydrogens is 393 g/mol. The van der Waals surface area contributed by atoms with Gasteiger partial charge < -0.3 is 10.1 Å². The first-order chi connectivity index (χ1) is 14.3. The number of aryl methyl sites for hydroxylation is 1. The smallest absolute Gasteiger partial charge is 0.377 e. The van der Waals surface area contributed by atoms with Crippen molar-refractivity contribution in [1.82, 2.24) is 15.2 Å². The van der Waals surface area contributed by atoms with Crippen molar-refractivity contribution in [3.8, 4) is 0 Å². The molecule has 1 N–H and O–H groups in total. The molecule has 1 aliphatic heterocycles. The first kappa shape index (κ1) is 20.3. The molecule has 0 radical (unpaired) electrons. The minimum atomic E-state index is -4.38. The molecule has 1 aliphatic rings. The highest BCUT2D eigenvalue weighted by molar-refractivity contribution is 5.92. The van der Waals surface area contributed by atoms with E-state index in [9.17, 15) is 13.2 Å². The number of ether oxygens (including phenoxy) is 1. The quantitative estimate of drug-likeness (QED) is 0.645. The minimum Gasteiger partial charge on any atom is -0.377 e. The van der Waals surface area contributed by atoms with Gasteiger partial charge in [-0.1, -0.05) is 18.2 Å². The largest absolute Gasteiger partial charge is 0.416 e. The summed E-state index contributed by atoms with van der Waals surface area (Å²) in [5, 5.41) is 12.3. The molecule has 0 bridgehead atoms. The van der Waals surface area contributed by atoms with E-state index in [1.165, 1.54) is 13.0 Å². The number of benzene rings is 1. The van der Waals surface area contributed by atoms with E-state index in [2.05, 4.69) is 20.5 Å². The monoisotopic (exact) mass is 414 g/mol. The minimum absolute atomic E-state index is 0.198. The van der Waals surface area contributed by atoms with Crippen LogP contribution in [0, 0.1) is 13.8 Å². The topological polar surface area (TPSA) is 59.9 Å². The van der Waals surface area contributed by atoms with Crippen molar-refractivity contribution in [2.24, 2.45) is 0 Å². The number of hydrogen-bond donors (Lipinski definition) is 1. The number of fused-ring (bicyclic) bond motifs is 1. The van der Waals surface area contributed by atoms with E-state index < -0.39 is 11.7 Å². The van der Waals surface area contributed by atoms with E-state index in [1.54, 1.807) is 6.07 Å². The van der Waals surface area contributed by atoms with Gasteiger partial charge in [-0.3, -0.25) is 4.98 Å². The maximum absolute atomic E-state index is 13.2. The molecule has 0 aliphatic carbocycles. The molecule has 0 fully saturated rings. The fourth-order valence-electron chi connectivity index (χ4n) is 3.62. The predicted molar refractivity (Wildman–Crippen MR) is 109 cm³/mol. The van der Waals surface area contributed by atoms with Gasteiger partial charge in [-0.25, -0.2) is 0 Å². The summed E-state index contributed by atoms with van der Waals surface area (Å²) in [6.45, 7) is 4.74. The Morgan fingerprint density at radius 3 is 2.73 bits per heavy atom.